The minimum atomic E-state index is 0. The predicted octanol–water partition coefficient (Wildman–Crippen LogP) is 4.86. The van der Waals surface area contributed by atoms with Crippen LogP contribution < -0.4 is 4.90 Å². The summed E-state index contributed by atoms with van der Waals surface area (Å²) in [5.41, 5.74) is 4.48. The summed E-state index contributed by atoms with van der Waals surface area (Å²) >= 11 is 1.59. The fourth-order valence-electron chi connectivity index (χ4n) is 3.03. The van der Waals surface area contributed by atoms with Gasteiger partial charge >= 0.3 is 0 Å². The number of benzene rings is 2. The number of thiazole rings is 1. The molecule has 0 atom stereocenters. The monoisotopic (exact) mass is 417 g/mol. The minimum absolute atomic E-state index is 0. The van der Waals surface area contributed by atoms with Crippen LogP contribution in [-0.4, -0.2) is 43.0 Å². The van der Waals surface area contributed by atoms with Crippen LogP contribution in [0.5, 0.6) is 0 Å². The normalized spacial score (nSPS) is 10.9. The molecule has 28 heavy (non-hydrogen) atoms. The number of halogens is 1. The Morgan fingerprint density at radius 2 is 1.79 bits per heavy atom. The lowest BCUT2D eigenvalue weighted by molar-refractivity contribution is -0.118. The maximum atomic E-state index is 13.1. The van der Waals surface area contributed by atoms with E-state index in [1.165, 1.54) is 11.1 Å². The average Bonchev–Trinajstić information content (AvgIpc) is 3.05. The quantitative estimate of drug-likeness (QED) is 0.550. The molecule has 0 aliphatic heterocycles. The zero-order valence-electron chi connectivity index (χ0n) is 16.9. The summed E-state index contributed by atoms with van der Waals surface area (Å²) in [4.78, 5) is 21.9. The number of para-hydroxylation sites is 1. The Bertz CT molecular complexity index is 905. The summed E-state index contributed by atoms with van der Waals surface area (Å²) in [5, 5.41) is 0.795. The van der Waals surface area contributed by atoms with Crippen LogP contribution in [0.3, 0.4) is 0 Å². The van der Waals surface area contributed by atoms with Crippen LogP contribution in [0.25, 0.3) is 10.2 Å². The number of anilines is 1. The molecular weight excluding hydrogens is 390 g/mol. The Balaban J connectivity index is 0.00000280. The van der Waals surface area contributed by atoms with E-state index in [1.807, 2.05) is 23.1 Å². The van der Waals surface area contributed by atoms with Crippen molar-refractivity contribution in [1.29, 1.82) is 0 Å². The van der Waals surface area contributed by atoms with Crippen molar-refractivity contribution in [3.8, 4) is 0 Å². The summed E-state index contributed by atoms with van der Waals surface area (Å²) in [6.45, 7) is 5.81. The Morgan fingerprint density at radius 3 is 2.46 bits per heavy atom. The van der Waals surface area contributed by atoms with Gasteiger partial charge in [0.2, 0.25) is 5.91 Å². The Kier molecular flexibility index (Phi) is 7.98. The van der Waals surface area contributed by atoms with Crippen LogP contribution in [0.15, 0.2) is 42.5 Å². The molecule has 0 aliphatic carbocycles. The average molecular weight is 418 g/mol. The smallest absolute Gasteiger partial charge is 0.233 e. The number of hydrogen-bond acceptors (Lipinski definition) is 4. The molecule has 0 unspecified atom stereocenters. The minimum Gasteiger partial charge on any atom is -0.309 e. The second-order valence-corrected chi connectivity index (χ2v) is 8.27. The topological polar surface area (TPSA) is 36.4 Å². The molecule has 0 fully saturated rings. The molecule has 0 saturated heterocycles. The van der Waals surface area contributed by atoms with Gasteiger partial charge in [-0.2, -0.15) is 0 Å². The van der Waals surface area contributed by atoms with Crippen LogP contribution in [0, 0.1) is 13.8 Å². The third kappa shape index (κ3) is 5.53. The third-order valence-corrected chi connectivity index (χ3v) is 5.79. The molecule has 0 aliphatic rings. The number of aryl methyl sites for hydroxylation is 2. The van der Waals surface area contributed by atoms with Gasteiger partial charge in [0.05, 0.1) is 16.6 Å². The molecule has 1 aromatic heterocycles. The zero-order chi connectivity index (χ0) is 19.4. The van der Waals surface area contributed by atoms with E-state index in [2.05, 4.69) is 57.1 Å². The molecule has 3 rings (SSSR count). The first-order valence-corrected chi connectivity index (χ1v) is 10.1. The summed E-state index contributed by atoms with van der Waals surface area (Å²) in [6, 6.07) is 14.3. The fourth-order valence-corrected chi connectivity index (χ4v) is 4.04. The number of rotatable bonds is 7. The molecule has 6 heteroatoms. The maximum Gasteiger partial charge on any atom is 0.233 e. The summed E-state index contributed by atoms with van der Waals surface area (Å²) in [6.07, 6.45) is 1.32. The molecule has 2 aromatic carbocycles. The Morgan fingerprint density at radius 1 is 1.04 bits per heavy atom. The lowest BCUT2D eigenvalue weighted by atomic mass is 10.0. The van der Waals surface area contributed by atoms with Gasteiger partial charge in [-0.15, -0.1) is 12.4 Å². The molecule has 1 heterocycles. The molecule has 0 spiro atoms. The van der Waals surface area contributed by atoms with Crippen molar-refractivity contribution in [2.75, 3.05) is 32.1 Å². The zero-order valence-corrected chi connectivity index (χ0v) is 18.6. The van der Waals surface area contributed by atoms with E-state index in [0.29, 0.717) is 13.0 Å². The number of aromatic nitrogens is 1. The molecular formula is C22H28ClN3OS. The van der Waals surface area contributed by atoms with Gasteiger partial charge in [0.25, 0.3) is 0 Å². The Labute approximate surface area is 177 Å². The number of carbonyl (C=O) groups is 1. The lowest BCUT2D eigenvalue weighted by Crippen LogP contribution is -2.34. The highest BCUT2D eigenvalue weighted by molar-refractivity contribution is 7.22. The van der Waals surface area contributed by atoms with Crippen molar-refractivity contribution in [2.24, 2.45) is 0 Å². The molecule has 0 N–H and O–H groups in total. The number of amides is 1. The number of nitrogens with zero attached hydrogens (tertiary/aromatic N) is 3. The van der Waals surface area contributed by atoms with Crippen molar-refractivity contribution in [1.82, 2.24) is 9.88 Å². The maximum absolute atomic E-state index is 13.1. The van der Waals surface area contributed by atoms with E-state index in [0.717, 1.165) is 33.9 Å². The van der Waals surface area contributed by atoms with Gasteiger partial charge in [-0.1, -0.05) is 41.7 Å². The predicted molar refractivity (Wildman–Crippen MR) is 122 cm³/mol. The van der Waals surface area contributed by atoms with Crippen LogP contribution >= 0.6 is 23.7 Å². The van der Waals surface area contributed by atoms with Gasteiger partial charge < -0.3 is 4.90 Å². The van der Waals surface area contributed by atoms with Crippen LogP contribution in [-0.2, 0) is 11.2 Å². The second kappa shape index (κ2) is 10.0. The third-order valence-electron chi connectivity index (χ3n) is 4.73. The highest BCUT2D eigenvalue weighted by Gasteiger charge is 2.20. The van der Waals surface area contributed by atoms with Crippen molar-refractivity contribution in [3.63, 3.8) is 0 Å². The lowest BCUT2D eigenvalue weighted by Gasteiger charge is -2.21. The van der Waals surface area contributed by atoms with E-state index < -0.39 is 0 Å². The molecule has 3 aromatic rings. The molecule has 1 amide bonds. The first-order chi connectivity index (χ1) is 12.9. The molecule has 4 nitrogen and oxygen atoms in total. The number of carbonyl (C=O) groups excluding carboxylic acids is 1. The van der Waals surface area contributed by atoms with E-state index in [4.69, 9.17) is 4.98 Å². The van der Waals surface area contributed by atoms with Gasteiger partial charge in [-0.25, -0.2) is 4.98 Å². The standard InChI is InChI=1S/C22H27N3OS.ClH/c1-16-10-11-18(14-17(16)2)15-21(26)25(13-7-12-24(3)4)22-23-19-8-5-6-9-20(19)27-22;/h5-6,8-11,14H,7,12-13,15H2,1-4H3;1H. The first-order valence-electron chi connectivity index (χ1n) is 9.31. The van der Waals surface area contributed by atoms with Crippen molar-refractivity contribution in [2.45, 2.75) is 26.7 Å². The molecule has 0 bridgehead atoms. The van der Waals surface area contributed by atoms with Gasteiger partial charge in [-0.05, 0) is 69.7 Å². The van der Waals surface area contributed by atoms with Gasteiger partial charge in [0, 0.05) is 6.54 Å². The van der Waals surface area contributed by atoms with Crippen molar-refractivity contribution < 1.29 is 4.79 Å². The highest BCUT2D eigenvalue weighted by atomic mass is 35.5. The largest absolute Gasteiger partial charge is 0.309 e. The van der Waals surface area contributed by atoms with Crippen LogP contribution in [0.1, 0.15) is 23.1 Å². The number of hydrogen-bond donors (Lipinski definition) is 0. The van der Waals surface area contributed by atoms with E-state index in [-0.39, 0.29) is 18.3 Å². The molecule has 0 radical (unpaired) electrons. The van der Waals surface area contributed by atoms with Crippen molar-refractivity contribution >= 4 is 45.0 Å². The van der Waals surface area contributed by atoms with Gasteiger partial charge in [-0.3, -0.25) is 9.69 Å². The summed E-state index contributed by atoms with van der Waals surface area (Å²) in [5.74, 6) is 0.107. The van der Waals surface area contributed by atoms with Gasteiger partial charge in [0.1, 0.15) is 0 Å². The molecule has 150 valence electrons. The van der Waals surface area contributed by atoms with E-state index in [9.17, 15) is 4.79 Å². The highest BCUT2D eigenvalue weighted by Crippen LogP contribution is 2.29. The molecule has 0 saturated carbocycles. The fraction of sp³-hybridized carbons (Fsp3) is 0.364. The van der Waals surface area contributed by atoms with Crippen LogP contribution in [0.2, 0.25) is 0 Å². The first kappa shape index (κ1) is 22.3. The van der Waals surface area contributed by atoms with E-state index >= 15 is 0 Å². The summed E-state index contributed by atoms with van der Waals surface area (Å²) in [7, 11) is 4.11. The van der Waals surface area contributed by atoms with Crippen molar-refractivity contribution in [3.05, 3.63) is 59.2 Å². The van der Waals surface area contributed by atoms with Crippen LogP contribution in [0.4, 0.5) is 5.13 Å². The van der Waals surface area contributed by atoms with E-state index in [1.54, 1.807) is 11.3 Å². The SMILES string of the molecule is Cc1ccc(CC(=O)N(CCCN(C)C)c2nc3ccccc3s2)cc1C.Cl. The Hall–Kier alpha value is -1.95. The van der Waals surface area contributed by atoms with Gasteiger partial charge in [0.15, 0.2) is 5.13 Å². The second-order valence-electron chi connectivity index (χ2n) is 7.26. The summed E-state index contributed by atoms with van der Waals surface area (Å²) < 4.78 is 1.11. The number of fused-ring (bicyclic) bond motifs is 1.